The molecule has 1 amide bonds. The van der Waals surface area contributed by atoms with Crippen LogP contribution < -0.4 is 10.6 Å². The van der Waals surface area contributed by atoms with Crippen LogP contribution in [0.4, 0.5) is 11.6 Å². The molecule has 1 saturated carbocycles. The van der Waals surface area contributed by atoms with Crippen molar-refractivity contribution in [1.82, 2.24) is 15.3 Å². The quantitative estimate of drug-likeness (QED) is 0.905. The molecule has 1 fully saturated rings. The molecule has 1 aliphatic rings. The second-order valence-electron chi connectivity index (χ2n) is 6.09. The Bertz CT molecular complexity index is 646. The molecular weight excluding hydrogens is 288 g/mol. The van der Waals surface area contributed by atoms with Crippen LogP contribution in [0.5, 0.6) is 0 Å². The Hall–Kier alpha value is -2.43. The molecule has 5 nitrogen and oxygen atoms in total. The predicted octanol–water partition coefficient (Wildman–Crippen LogP) is 3.59. The van der Waals surface area contributed by atoms with Gasteiger partial charge in [-0.2, -0.15) is 0 Å². The second-order valence-corrected chi connectivity index (χ2v) is 6.09. The lowest BCUT2D eigenvalue weighted by atomic mass is 9.95. The Morgan fingerprint density at radius 2 is 1.70 bits per heavy atom. The van der Waals surface area contributed by atoms with E-state index in [0.717, 1.165) is 18.5 Å². The molecule has 0 radical (unpaired) electrons. The van der Waals surface area contributed by atoms with Gasteiger partial charge in [0.1, 0.15) is 0 Å². The number of hydrogen-bond acceptors (Lipinski definition) is 4. The maximum Gasteiger partial charge on any atom is 0.254 e. The van der Waals surface area contributed by atoms with Crippen LogP contribution >= 0.6 is 0 Å². The molecule has 5 heteroatoms. The Labute approximate surface area is 136 Å². The van der Waals surface area contributed by atoms with E-state index < -0.39 is 0 Å². The second kappa shape index (κ2) is 7.22. The highest BCUT2D eigenvalue weighted by Gasteiger charge is 2.17. The van der Waals surface area contributed by atoms with E-state index >= 15 is 0 Å². The number of rotatable bonds is 4. The van der Waals surface area contributed by atoms with Crippen LogP contribution in [0.3, 0.4) is 0 Å². The van der Waals surface area contributed by atoms with Crippen molar-refractivity contribution < 1.29 is 4.79 Å². The van der Waals surface area contributed by atoms with Crippen LogP contribution in [-0.4, -0.2) is 21.9 Å². The lowest BCUT2D eigenvalue weighted by molar-refractivity contribution is 0.0927. The molecule has 0 unspecified atom stereocenters. The van der Waals surface area contributed by atoms with E-state index in [9.17, 15) is 4.79 Å². The Kier molecular flexibility index (Phi) is 4.86. The predicted molar refractivity (Wildman–Crippen MR) is 90.8 cm³/mol. The molecule has 1 heterocycles. The van der Waals surface area contributed by atoms with Gasteiger partial charge >= 0.3 is 0 Å². The summed E-state index contributed by atoms with van der Waals surface area (Å²) < 4.78 is 0. The molecule has 120 valence electrons. The summed E-state index contributed by atoms with van der Waals surface area (Å²) in [4.78, 5) is 20.7. The van der Waals surface area contributed by atoms with Gasteiger partial charge in [-0.25, -0.2) is 9.97 Å². The molecule has 0 spiro atoms. The summed E-state index contributed by atoms with van der Waals surface area (Å²) in [5.41, 5.74) is 2.63. The number of anilines is 2. The summed E-state index contributed by atoms with van der Waals surface area (Å²) in [5, 5.41) is 6.20. The van der Waals surface area contributed by atoms with E-state index in [-0.39, 0.29) is 5.91 Å². The van der Waals surface area contributed by atoms with Gasteiger partial charge in [0.25, 0.3) is 5.91 Å². The Morgan fingerprint density at radius 1 is 1.04 bits per heavy atom. The largest absolute Gasteiger partial charge is 0.349 e. The Morgan fingerprint density at radius 3 is 2.35 bits per heavy atom. The highest BCUT2D eigenvalue weighted by atomic mass is 16.1. The van der Waals surface area contributed by atoms with Gasteiger partial charge in [0.05, 0.1) is 5.56 Å². The number of nitrogens with one attached hydrogen (secondary N) is 2. The molecule has 23 heavy (non-hydrogen) atoms. The number of carbonyl (C=O) groups excluding carboxylic acids is 1. The molecule has 2 aromatic rings. The van der Waals surface area contributed by atoms with Gasteiger partial charge in [-0.3, -0.25) is 4.79 Å². The maximum atomic E-state index is 12.2. The summed E-state index contributed by atoms with van der Waals surface area (Å²) >= 11 is 0. The van der Waals surface area contributed by atoms with Crippen molar-refractivity contribution in [3.63, 3.8) is 0 Å². The van der Waals surface area contributed by atoms with Crippen LogP contribution in [0.15, 0.2) is 36.7 Å². The van der Waals surface area contributed by atoms with Crippen LogP contribution in [0.25, 0.3) is 0 Å². The van der Waals surface area contributed by atoms with Crippen molar-refractivity contribution in [2.75, 3.05) is 5.32 Å². The SMILES string of the molecule is Cc1ccc(Nc2ncc(C(=O)NC3CCCCC3)cn2)cc1. The van der Waals surface area contributed by atoms with Crippen molar-refractivity contribution in [2.45, 2.75) is 45.1 Å². The number of aryl methyl sites for hydroxylation is 1. The summed E-state index contributed by atoms with van der Waals surface area (Å²) in [5.74, 6) is 0.404. The normalized spacial score (nSPS) is 15.2. The number of benzene rings is 1. The first-order valence-corrected chi connectivity index (χ1v) is 8.17. The summed E-state index contributed by atoms with van der Waals surface area (Å²) in [6.07, 6.45) is 8.94. The fraction of sp³-hybridized carbons (Fsp3) is 0.389. The third-order valence-electron chi connectivity index (χ3n) is 4.16. The van der Waals surface area contributed by atoms with Gasteiger partial charge in [0.15, 0.2) is 0 Å². The van der Waals surface area contributed by atoms with Gasteiger partial charge in [0, 0.05) is 24.1 Å². The van der Waals surface area contributed by atoms with E-state index in [0.29, 0.717) is 17.6 Å². The molecule has 2 N–H and O–H groups in total. The number of amides is 1. The molecule has 0 aliphatic heterocycles. The van der Waals surface area contributed by atoms with Crippen molar-refractivity contribution in [2.24, 2.45) is 0 Å². The topological polar surface area (TPSA) is 66.9 Å². The lowest BCUT2D eigenvalue weighted by Crippen LogP contribution is -2.36. The van der Waals surface area contributed by atoms with E-state index in [1.807, 2.05) is 31.2 Å². The van der Waals surface area contributed by atoms with Crippen LogP contribution in [0.2, 0.25) is 0 Å². The standard InChI is InChI=1S/C18H22N4O/c1-13-7-9-16(10-8-13)22-18-19-11-14(12-20-18)17(23)21-15-5-3-2-4-6-15/h7-12,15H,2-6H2,1H3,(H,21,23)(H,19,20,22). The first-order chi connectivity index (χ1) is 11.2. The maximum absolute atomic E-state index is 12.2. The highest BCUT2D eigenvalue weighted by molar-refractivity contribution is 5.93. The first kappa shape index (κ1) is 15.5. The fourth-order valence-electron chi connectivity index (χ4n) is 2.79. The minimum atomic E-state index is -0.0845. The van der Waals surface area contributed by atoms with Crippen molar-refractivity contribution in [3.05, 3.63) is 47.8 Å². The highest BCUT2D eigenvalue weighted by Crippen LogP contribution is 2.18. The van der Waals surface area contributed by atoms with Gasteiger partial charge in [0.2, 0.25) is 5.95 Å². The van der Waals surface area contributed by atoms with Gasteiger partial charge in [-0.1, -0.05) is 37.0 Å². The van der Waals surface area contributed by atoms with Crippen molar-refractivity contribution >= 4 is 17.5 Å². The molecule has 0 saturated heterocycles. The third kappa shape index (κ3) is 4.28. The fourth-order valence-corrected chi connectivity index (χ4v) is 2.79. The van der Waals surface area contributed by atoms with Gasteiger partial charge in [-0.15, -0.1) is 0 Å². The van der Waals surface area contributed by atoms with Gasteiger partial charge < -0.3 is 10.6 Å². The number of carbonyl (C=O) groups is 1. The lowest BCUT2D eigenvalue weighted by Gasteiger charge is -2.22. The molecule has 1 aliphatic carbocycles. The van der Waals surface area contributed by atoms with Crippen molar-refractivity contribution in [3.8, 4) is 0 Å². The molecule has 1 aromatic carbocycles. The van der Waals surface area contributed by atoms with Crippen molar-refractivity contribution in [1.29, 1.82) is 0 Å². The molecular formula is C18H22N4O. The molecule has 1 aromatic heterocycles. The van der Waals surface area contributed by atoms with E-state index in [1.54, 1.807) is 12.4 Å². The number of nitrogens with zero attached hydrogens (tertiary/aromatic N) is 2. The average Bonchev–Trinajstić information content (AvgIpc) is 2.58. The summed E-state index contributed by atoms with van der Waals surface area (Å²) in [6, 6.07) is 8.29. The minimum Gasteiger partial charge on any atom is -0.349 e. The third-order valence-corrected chi connectivity index (χ3v) is 4.16. The van der Waals surface area contributed by atoms with E-state index in [1.165, 1.54) is 24.8 Å². The van der Waals surface area contributed by atoms with Crippen LogP contribution in [0, 0.1) is 6.92 Å². The molecule has 0 bridgehead atoms. The summed E-state index contributed by atoms with van der Waals surface area (Å²) in [6.45, 7) is 2.04. The zero-order valence-electron chi connectivity index (χ0n) is 13.4. The van der Waals surface area contributed by atoms with E-state index in [4.69, 9.17) is 0 Å². The summed E-state index contributed by atoms with van der Waals surface area (Å²) in [7, 11) is 0. The van der Waals surface area contributed by atoms with E-state index in [2.05, 4.69) is 20.6 Å². The monoisotopic (exact) mass is 310 g/mol. The average molecular weight is 310 g/mol. The zero-order chi connectivity index (χ0) is 16.1. The zero-order valence-corrected chi connectivity index (χ0v) is 13.4. The Balaban J connectivity index is 1.59. The molecule has 3 rings (SSSR count). The number of aromatic nitrogens is 2. The minimum absolute atomic E-state index is 0.0845. The number of hydrogen-bond donors (Lipinski definition) is 2. The first-order valence-electron chi connectivity index (χ1n) is 8.17. The smallest absolute Gasteiger partial charge is 0.254 e. The molecule has 0 atom stereocenters. The van der Waals surface area contributed by atoms with Crippen LogP contribution in [0.1, 0.15) is 48.0 Å². The van der Waals surface area contributed by atoms with Crippen LogP contribution in [-0.2, 0) is 0 Å². The van der Waals surface area contributed by atoms with Gasteiger partial charge in [-0.05, 0) is 31.9 Å².